The minimum atomic E-state index is -0.972. The molecule has 0 bridgehead atoms. The Morgan fingerprint density at radius 2 is 1.45 bits per heavy atom. The smallest absolute Gasteiger partial charge is 0.345 e. The van der Waals surface area contributed by atoms with Gasteiger partial charge in [-0.1, -0.05) is 28.1 Å². The summed E-state index contributed by atoms with van der Waals surface area (Å²) in [6, 6.07) is 17.7. The van der Waals surface area contributed by atoms with E-state index in [0.29, 0.717) is 5.56 Å². The highest BCUT2D eigenvalue weighted by molar-refractivity contribution is 9.10. The van der Waals surface area contributed by atoms with Crippen molar-refractivity contribution in [3.05, 3.63) is 104 Å². The Morgan fingerprint density at radius 3 is 2.10 bits per heavy atom. The fourth-order valence-electron chi connectivity index (χ4n) is 2.56. The van der Waals surface area contributed by atoms with E-state index in [4.69, 9.17) is 9.47 Å². The molecule has 3 aromatic rings. The normalized spacial score (nSPS) is 10.2. The zero-order chi connectivity index (χ0) is 22.4. The van der Waals surface area contributed by atoms with Crippen LogP contribution in [0, 0.1) is 10.1 Å². The fraction of sp³-hybridized carbons (Fsp3) is 0.0455. The Morgan fingerprint density at radius 1 is 0.839 bits per heavy atom. The SMILES string of the molecule is O=C(COC(=O)c1ccccc1[N+](=O)[O-])c1ccc(OC(=O)c2ccc(Br)cc2)cc1. The van der Waals surface area contributed by atoms with Crippen LogP contribution in [0.25, 0.3) is 0 Å². The van der Waals surface area contributed by atoms with Gasteiger partial charge in [-0.15, -0.1) is 0 Å². The van der Waals surface area contributed by atoms with Crippen LogP contribution in [0.4, 0.5) is 5.69 Å². The van der Waals surface area contributed by atoms with Crippen LogP contribution in [-0.2, 0) is 4.74 Å². The van der Waals surface area contributed by atoms with Gasteiger partial charge in [-0.3, -0.25) is 14.9 Å². The molecule has 3 aromatic carbocycles. The van der Waals surface area contributed by atoms with Crippen LogP contribution in [-0.4, -0.2) is 29.3 Å². The molecular formula is C22H14BrNO7. The summed E-state index contributed by atoms with van der Waals surface area (Å²) in [5.41, 5.74) is -0.0588. The van der Waals surface area contributed by atoms with Crippen LogP contribution in [0.1, 0.15) is 31.1 Å². The van der Waals surface area contributed by atoms with Crippen molar-refractivity contribution in [3.63, 3.8) is 0 Å². The summed E-state index contributed by atoms with van der Waals surface area (Å²) in [5, 5.41) is 11.0. The van der Waals surface area contributed by atoms with Gasteiger partial charge in [-0.05, 0) is 54.6 Å². The van der Waals surface area contributed by atoms with Crippen LogP contribution in [0.3, 0.4) is 0 Å². The second kappa shape index (κ2) is 9.77. The van der Waals surface area contributed by atoms with Gasteiger partial charge in [0.1, 0.15) is 11.3 Å². The quantitative estimate of drug-likeness (QED) is 0.158. The summed E-state index contributed by atoms with van der Waals surface area (Å²) in [4.78, 5) is 46.8. The molecule has 0 atom stereocenters. The lowest BCUT2D eigenvalue weighted by atomic mass is 10.1. The molecule has 8 nitrogen and oxygen atoms in total. The summed E-state index contributed by atoms with van der Waals surface area (Å²) >= 11 is 3.28. The lowest BCUT2D eigenvalue weighted by Crippen LogP contribution is -2.15. The maximum absolute atomic E-state index is 12.3. The Balaban J connectivity index is 1.59. The first-order valence-electron chi connectivity index (χ1n) is 8.86. The number of hydrogen-bond acceptors (Lipinski definition) is 7. The molecule has 0 aliphatic heterocycles. The van der Waals surface area contributed by atoms with Crippen molar-refractivity contribution in [2.24, 2.45) is 0 Å². The summed E-state index contributed by atoms with van der Waals surface area (Å²) in [6.45, 7) is -0.594. The summed E-state index contributed by atoms with van der Waals surface area (Å²) in [6.07, 6.45) is 0. The number of para-hydroxylation sites is 1. The van der Waals surface area contributed by atoms with Crippen molar-refractivity contribution in [3.8, 4) is 5.75 Å². The molecule has 0 amide bonds. The number of carbonyl (C=O) groups is 3. The summed E-state index contributed by atoms with van der Waals surface area (Å²) < 4.78 is 11.0. The fourth-order valence-corrected chi connectivity index (χ4v) is 2.82. The number of rotatable bonds is 7. The number of nitrogens with zero attached hydrogens (tertiary/aromatic N) is 1. The van der Waals surface area contributed by atoms with Crippen molar-refractivity contribution in [1.82, 2.24) is 0 Å². The van der Waals surface area contributed by atoms with Crippen molar-refractivity contribution >= 4 is 39.3 Å². The molecule has 0 saturated heterocycles. The topological polar surface area (TPSA) is 113 Å². The lowest BCUT2D eigenvalue weighted by Gasteiger charge is -2.07. The molecule has 31 heavy (non-hydrogen) atoms. The number of carbonyl (C=O) groups excluding carboxylic acids is 3. The maximum Gasteiger partial charge on any atom is 0.345 e. The monoisotopic (exact) mass is 483 g/mol. The van der Waals surface area contributed by atoms with Crippen LogP contribution in [0.2, 0.25) is 0 Å². The third-order valence-corrected chi connectivity index (χ3v) is 4.65. The number of ketones is 1. The highest BCUT2D eigenvalue weighted by Crippen LogP contribution is 2.19. The molecule has 0 unspecified atom stereocenters. The average molecular weight is 484 g/mol. The van der Waals surface area contributed by atoms with E-state index in [-0.39, 0.29) is 16.9 Å². The average Bonchev–Trinajstić information content (AvgIpc) is 2.78. The van der Waals surface area contributed by atoms with Crippen molar-refractivity contribution in [2.75, 3.05) is 6.61 Å². The van der Waals surface area contributed by atoms with Crippen LogP contribution < -0.4 is 4.74 Å². The largest absolute Gasteiger partial charge is 0.454 e. The molecule has 0 spiro atoms. The Bertz CT molecular complexity index is 1140. The van der Waals surface area contributed by atoms with Crippen molar-refractivity contribution in [2.45, 2.75) is 0 Å². The molecular weight excluding hydrogens is 470 g/mol. The molecule has 9 heteroatoms. The van der Waals surface area contributed by atoms with Crippen LogP contribution in [0.5, 0.6) is 5.75 Å². The summed E-state index contributed by atoms with van der Waals surface area (Å²) in [5.74, 6) is -1.80. The number of nitro groups is 1. The van der Waals surface area contributed by atoms with E-state index in [2.05, 4.69) is 15.9 Å². The van der Waals surface area contributed by atoms with Crippen LogP contribution >= 0.6 is 15.9 Å². The second-order valence-corrected chi connectivity index (χ2v) is 7.11. The maximum atomic E-state index is 12.3. The minimum absolute atomic E-state index is 0.221. The van der Waals surface area contributed by atoms with Gasteiger partial charge in [0.15, 0.2) is 12.4 Å². The number of benzene rings is 3. The third-order valence-electron chi connectivity index (χ3n) is 4.12. The molecule has 0 aromatic heterocycles. The zero-order valence-electron chi connectivity index (χ0n) is 15.8. The van der Waals surface area contributed by atoms with Crippen LogP contribution in [0.15, 0.2) is 77.3 Å². The minimum Gasteiger partial charge on any atom is -0.454 e. The number of hydrogen-bond donors (Lipinski definition) is 0. The molecule has 0 aliphatic carbocycles. The predicted molar refractivity (Wildman–Crippen MR) is 113 cm³/mol. The van der Waals surface area contributed by atoms with Crippen molar-refractivity contribution < 1.29 is 28.8 Å². The molecule has 0 heterocycles. The van der Waals surface area contributed by atoms with E-state index in [1.54, 1.807) is 24.3 Å². The first-order chi connectivity index (χ1) is 14.8. The standard InChI is InChI=1S/C22H14BrNO7/c23-16-9-5-15(6-10-16)21(26)31-17-11-7-14(8-12-17)20(25)13-30-22(27)18-3-1-2-4-19(18)24(28)29/h1-12H,13H2. The molecule has 0 radical (unpaired) electrons. The third kappa shape index (κ3) is 5.61. The van der Waals surface area contributed by atoms with Gasteiger partial charge in [0, 0.05) is 16.1 Å². The van der Waals surface area contributed by atoms with Gasteiger partial charge < -0.3 is 9.47 Å². The lowest BCUT2D eigenvalue weighted by molar-refractivity contribution is -0.385. The molecule has 0 N–H and O–H groups in total. The van der Waals surface area contributed by atoms with E-state index < -0.39 is 34.9 Å². The van der Waals surface area contributed by atoms with Gasteiger partial charge in [0.05, 0.1) is 10.5 Å². The number of Topliss-reactive ketones (excluding diaryl/α,β-unsaturated/α-hetero) is 1. The second-order valence-electron chi connectivity index (χ2n) is 6.19. The highest BCUT2D eigenvalue weighted by atomic mass is 79.9. The van der Waals surface area contributed by atoms with Gasteiger partial charge >= 0.3 is 11.9 Å². The first kappa shape index (κ1) is 21.8. The number of nitro benzene ring substituents is 1. The molecule has 3 rings (SSSR count). The van der Waals surface area contributed by atoms with E-state index >= 15 is 0 Å². The number of halogens is 1. The van der Waals surface area contributed by atoms with Gasteiger partial charge in [0.2, 0.25) is 0 Å². The predicted octanol–water partition coefficient (Wildman–Crippen LogP) is 4.62. The van der Waals surface area contributed by atoms with E-state index in [9.17, 15) is 24.5 Å². The Kier molecular flexibility index (Phi) is 6.88. The zero-order valence-corrected chi connectivity index (χ0v) is 17.4. The Hall–Kier alpha value is -3.85. The molecule has 0 fully saturated rings. The molecule has 156 valence electrons. The number of ether oxygens (including phenoxy) is 2. The van der Waals surface area contributed by atoms with E-state index in [1.807, 2.05) is 0 Å². The van der Waals surface area contributed by atoms with Gasteiger partial charge in [-0.2, -0.15) is 0 Å². The highest BCUT2D eigenvalue weighted by Gasteiger charge is 2.21. The van der Waals surface area contributed by atoms with Gasteiger partial charge in [0.25, 0.3) is 5.69 Å². The van der Waals surface area contributed by atoms with Crippen molar-refractivity contribution in [1.29, 1.82) is 0 Å². The first-order valence-corrected chi connectivity index (χ1v) is 9.66. The Labute approximate surface area is 184 Å². The summed E-state index contributed by atoms with van der Waals surface area (Å²) in [7, 11) is 0. The van der Waals surface area contributed by atoms with E-state index in [1.165, 1.54) is 48.5 Å². The molecule has 0 saturated carbocycles. The van der Waals surface area contributed by atoms with E-state index in [0.717, 1.165) is 4.47 Å². The number of esters is 2. The molecule has 0 aliphatic rings. The van der Waals surface area contributed by atoms with Gasteiger partial charge in [-0.25, -0.2) is 9.59 Å².